The normalized spacial score (nSPS) is 12.2. The van der Waals surface area contributed by atoms with Gasteiger partial charge in [-0.3, -0.25) is 0 Å². The van der Waals surface area contributed by atoms with Crippen LogP contribution in [-0.2, 0) is 6.42 Å². The molecule has 74 valence electrons. The van der Waals surface area contributed by atoms with E-state index in [2.05, 4.69) is 38.1 Å². The molecule has 0 saturated carbocycles. The van der Waals surface area contributed by atoms with E-state index in [9.17, 15) is 0 Å². The summed E-state index contributed by atoms with van der Waals surface area (Å²) in [6, 6.07) is 6.25. The summed E-state index contributed by atoms with van der Waals surface area (Å²) in [4.78, 5) is 0. The van der Waals surface area contributed by atoms with E-state index in [1.165, 1.54) is 5.56 Å². The van der Waals surface area contributed by atoms with E-state index in [0.717, 1.165) is 17.4 Å². The van der Waals surface area contributed by atoms with Crippen LogP contribution in [0.25, 0.3) is 11.0 Å². The fourth-order valence-corrected chi connectivity index (χ4v) is 1.64. The first-order valence-electron chi connectivity index (χ1n) is 4.88. The highest BCUT2D eigenvalue weighted by Crippen LogP contribution is 2.23. The summed E-state index contributed by atoms with van der Waals surface area (Å²) in [5.41, 5.74) is 2.53. The molecule has 0 aliphatic heterocycles. The summed E-state index contributed by atoms with van der Waals surface area (Å²) in [6.45, 7) is 6.72. The monoisotopic (exact) mass is 189 g/mol. The fourth-order valence-electron chi connectivity index (χ4n) is 1.64. The Bertz CT molecular complexity index is 437. The molecule has 0 saturated heterocycles. The molecule has 0 bridgehead atoms. The Morgan fingerprint density at radius 3 is 2.79 bits per heavy atom. The first-order chi connectivity index (χ1) is 6.54. The summed E-state index contributed by atoms with van der Waals surface area (Å²) < 4.78 is 5.05. The molecule has 0 aliphatic rings. The number of nitrogens with zero attached hydrogens (tertiary/aromatic N) is 1. The van der Waals surface area contributed by atoms with Crippen molar-refractivity contribution in [3.8, 4) is 0 Å². The van der Waals surface area contributed by atoms with Crippen LogP contribution in [0.3, 0.4) is 0 Å². The largest absolute Gasteiger partial charge is 0.356 e. The van der Waals surface area contributed by atoms with Gasteiger partial charge in [0.1, 0.15) is 0 Å². The Labute approximate surface area is 83.9 Å². The molecule has 1 aromatic heterocycles. The third-order valence-electron chi connectivity index (χ3n) is 2.15. The van der Waals surface area contributed by atoms with Gasteiger partial charge in [-0.2, -0.15) is 0 Å². The second-order valence-electron chi connectivity index (χ2n) is 4.94. The van der Waals surface area contributed by atoms with Crippen LogP contribution in [0.4, 0.5) is 0 Å². The molecule has 2 aromatic rings. The lowest BCUT2D eigenvalue weighted by atomic mass is 9.88. The predicted molar refractivity (Wildman–Crippen MR) is 57.2 cm³/mol. The third kappa shape index (κ3) is 1.95. The van der Waals surface area contributed by atoms with Gasteiger partial charge in [-0.15, -0.1) is 0 Å². The minimum Gasteiger partial charge on any atom is -0.356 e. The van der Waals surface area contributed by atoms with Gasteiger partial charge in [0, 0.05) is 5.39 Å². The van der Waals surface area contributed by atoms with Crippen LogP contribution >= 0.6 is 0 Å². The van der Waals surface area contributed by atoms with Gasteiger partial charge in [-0.1, -0.05) is 32.0 Å². The summed E-state index contributed by atoms with van der Waals surface area (Å²) in [5, 5.41) is 4.85. The number of hydrogen-bond acceptors (Lipinski definition) is 2. The molecule has 2 heteroatoms. The van der Waals surface area contributed by atoms with Crippen molar-refractivity contribution in [2.75, 3.05) is 0 Å². The van der Waals surface area contributed by atoms with E-state index >= 15 is 0 Å². The molecular weight excluding hydrogens is 174 g/mol. The molecular formula is C12H15NO. The average molecular weight is 189 g/mol. The number of benzene rings is 1. The van der Waals surface area contributed by atoms with Gasteiger partial charge >= 0.3 is 0 Å². The van der Waals surface area contributed by atoms with Crippen LogP contribution < -0.4 is 0 Å². The molecule has 0 N–H and O–H groups in total. The summed E-state index contributed by atoms with van der Waals surface area (Å²) in [6.07, 6.45) is 2.84. The van der Waals surface area contributed by atoms with Crippen LogP contribution in [0.5, 0.6) is 0 Å². The molecule has 0 amide bonds. The number of rotatable bonds is 1. The van der Waals surface area contributed by atoms with Crippen LogP contribution in [0.1, 0.15) is 26.3 Å². The van der Waals surface area contributed by atoms with E-state index in [0.29, 0.717) is 5.41 Å². The minimum absolute atomic E-state index is 0.324. The zero-order chi connectivity index (χ0) is 10.2. The maximum atomic E-state index is 5.05. The van der Waals surface area contributed by atoms with Gasteiger partial charge in [0.05, 0.1) is 6.20 Å². The molecule has 0 radical (unpaired) electrons. The lowest BCUT2D eigenvalue weighted by molar-refractivity contribution is 0.411. The summed E-state index contributed by atoms with van der Waals surface area (Å²) in [5.74, 6) is 0. The molecule has 2 rings (SSSR count). The van der Waals surface area contributed by atoms with E-state index in [4.69, 9.17) is 4.52 Å². The van der Waals surface area contributed by atoms with Gasteiger partial charge in [0.25, 0.3) is 0 Å². The van der Waals surface area contributed by atoms with Crippen LogP contribution in [0.2, 0.25) is 0 Å². The Balaban J connectivity index is 2.35. The first-order valence-corrected chi connectivity index (χ1v) is 4.88. The smallest absolute Gasteiger partial charge is 0.166 e. The number of fused-ring (bicyclic) bond motifs is 1. The first kappa shape index (κ1) is 9.25. The Hall–Kier alpha value is -1.31. The fraction of sp³-hybridized carbons (Fsp3) is 0.417. The van der Waals surface area contributed by atoms with Crippen LogP contribution in [0, 0.1) is 5.41 Å². The third-order valence-corrected chi connectivity index (χ3v) is 2.15. The number of hydrogen-bond donors (Lipinski definition) is 0. The van der Waals surface area contributed by atoms with E-state index in [-0.39, 0.29) is 0 Å². The second kappa shape index (κ2) is 3.12. The summed E-state index contributed by atoms with van der Waals surface area (Å²) in [7, 11) is 0. The molecule has 1 heterocycles. The lowest BCUT2D eigenvalue weighted by Gasteiger charge is -2.17. The molecule has 0 fully saturated rings. The number of aromatic nitrogens is 1. The van der Waals surface area contributed by atoms with Crippen molar-refractivity contribution >= 4 is 11.0 Å². The summed E-state index contributed by atoms with van der Waals surface area (Å²) >= 11 is 0. The zero-order valence-electron chi connectivity index (χ0n) is 8.87. The van der Waals surface area contributed by atoms with Crippen LogP contribution in [0.15, 0.2) is 28.9 Å². The van der Waals surface area contributed by atoms with Crippen LogP contribution in [-0.4, -0.2) is 5.16 Å². The quantitative estimate of drug-likeness (QED) is 0.687. The molecule has 0 aliphatic carbocycles. The molecule has 1 aromatic carbocycles. The van der Waals surface area contributed by atoms with Crippen molar-refractivity contribution in [1.82, 2.24) is 5.16 Å². The minimum atomic E-state index is 0.324. The molecule has 2 nitrogen and oxygen atoms in total. The van der Waals surface area contributed by atoms with Gasteiger partial charge < -0.3 is 4.52 Å². The van der Waals surface area contributed by atoms with Crippen molar-refractivity contribution in [1.29, 1.82) is 0 Å². The van der Waals surface area contributed by atoms with E-state index in [1.54, 1.807) is 6.20 Å². The maximum Gasteiger partial charge on any atom is 0.166 e. The Kier molecular flexibility index (Phi) is 2.06. The van der Waals surface area contributed by atoms with Gasteiger partial charge in [0.2, 0.25) is 0 Å². The van der Waals surface area contributed by atoms with E-state index < -0.39 is 0 Å². The van der Waals surface area contributed by atoms with E-state index in [1.807, 2.05) is 6.07 Å². The highest BCUT2D eigenvalue weighted by Gasteiger charge is 2.11. The molecule has 14 heavy (non-hydrogen) atoms. The molecule has 0 unspecified atom stereocenters. The van der Waals surface area contributed by atoms with Gasteiger partial charge in [0.15, 0.2) is 5.58 Å². The highest BCUT2D eigenvalue weighted by molar-refractivity contribution is 5.76. The van der Waals surface area contributed by atoms with Crippen molar-refractivity contribution in [2.24, 2.45) is 5.41 Å². The second-order valence-corrected chi connectivity index (χ2v) is 4.94. The molecule has 0 spiro atoms. The van der Waals surface area contributed by atoms with Gasteiger partial charge in [-0.05, 0) is 29.5 Å². The van der Waals surface area contributed by atoms with Gasteiger partial charge in [-0.25, -0.2) is 0 Å². The Morgan fingerprint density at radius 1 is 1.29 bits per heavy atom. The zero-order valence-corrected chi connectivity index (χ0v) is 8.87. The molecule has 0 atom stereocenters. The predicted octanol–water partition coefficient (Wildman–Crippen LogP) is 3.42. The standard InChI is InChI=1S/C12H15NO/c1-12(2,3)7-9-4-5-11-10(6-9)8-13-14-11/h4-6,8H,7H2,1-3H3. The van der Waals surface area contributed by atoms with Crippen molar-refractivity contribution in [2.45, 2.75) is 27.2 Å². The topological polar surface area (TPSA) is 26.0 Å². The lowest BCUT2D eigenvalue weighted by Crippen LogP contribution is -2.08. The SMILES string of the molecule is CC(C)(C)Cc1ccc2oncc2c1. The average Bonchev–Trinajstić information content (AvgIpc) is 2.47. The van der Waals surface area contributed by atoms with Crippen molar-refractivity contribution < 1.29 is 4.52 Å². The maximum absolute atomic E-state index is 5.05. The Morgan fingerprint density at radius 2 is 2.07 bits per heavy atom. The van der Waals surface area contributed by atoms with Crippen molar-refractivity contribution in [3.63, 3.8) is 0 Å². The highest BCUT2D eigenvalue weighted by atomic mass is 16.5. The van der Waals surface area contributed by atoms with Crippen molar-refractivity contribution in [3.05, 3.63) is 30.0 Å².